The van der Waals surface area contributed by atoms with Crippen LogP contribution in [0, 0.1) is 0 Å². The maximum atomic E-state index is 11.4. The minimum atomic E-state index is -1.22. The standard InChI is InChI=1S/C11H21N3O6/c1-19-6-7-20-5-4-13-11(18)14-8(10(16)17)2-3-9(12)15/h8H,2-7H2,1H3,(H2,12,15)(H,16,17)(H2,13,14,18). The number of rotatable bonds is 11. The van der Waals surface area contributed by atoms with Crippen molar-refractivity contribution in [2.75, 3.05) is 33.5 Å². The van der Waals surface area contributed by atoms with Crippen molar-refractivity contribution in [3.8, 4) is 0 Å². The van der Waals surface area contributed by atoms with Gasteiger partial charge in [-0.3, -0.25) is 4.79 Å². The van der Waals surface area contributed by atoms with Crippen LogP contribution in [-0.2, 0) is 19.1 Å². The Hall–Kier alpha value is -1.87. The van der Waals surface area contributed by atoms with E-state index in [0.29, 0.717) is 13.2 Å². The molecule has 5 N–H and O–H groups in total. The molecule has 0 heterocycles. The summed E-state index contributed by atoms with van der Waals surface area (Å²) in [7, 11) is 1.55. The summed E-state index contributed by atoms with van der Waals surface area (Å²) in [5, 5.41) is 13.5. The highest BCUT2D eigenvalue weighted by molar-refractivity contribution is 5.83. The molecule has 1 atom stereocenters. The topological polar surface area (TPSA) is 140 Å². The average Bonchev–Trinajstić information content (AvgIpc) is 2.38. The molecule has 9 nitrogen and oxygen atoms in total. The SMILES string of the molecule is COCCOCCNC(=O)NC(CCC(N)=O)C(=O)O. The van der Waals surface area contributed by atoms with Gasteiger partial charge in [-0.05, 0) is 6.42 Å². The fourth-order valence-electron chi connectivity index (χ4n) is 1.23. The Kier molecular flexibility index (Phi) is 9.97. The highest BCUT2D eigenvalue weighted by atomic mass is 16.5. The Morgan fingerprint density at radius 2 is 1.95 bits per heavy atom. The number of carbonyl (C=O) groups is 3. The number of carboxylic acids is 1. The Morgan fingerprint density at radius 3 is 2.50 bits per heavy atom. The van der Waals surface area contributed by atoms with Gasteiger partial charge >= 0.3 is 12.0 Å². The van der Waals surface area contributed by atoms with Gasteiger partial charge < -0.3 is 30.9 Å². The van der Waals surface area contributed by atoms with Gasteiger partial charge in [-0.15, -0.1) is 0 Å². The number of hydrogen-bond donors (Lipinski definition) is 4. The predicted molar refractivity (Wildman–Crippen MR) is 69.1 cm³/mol. The fraction of sp³-hybridized carbons (Fsp3) is 0.727. The summed E-state index contributed by atoms with van der Waals surface area (Å²) in [6.07, 6.45) is -0.167. The van der Waals surface area contributed by atoms with Crippen LogP contribution in [0.5, 0.6) is 0 Å². The number of methoxy groups -OCH3 is 1. The number of carbonyl (C=O) groups excluding carboxylic acids is 2. The Labute approximate surface area is 116 Å². The molecule has 0 aliphatic rings. The molecule has 0 rings (SSSR count). The number of ether oxygens (including phenoxy) is 2. The highest BCUT2D eigenvalue weighted by Crippen LogP contribution is 1.97. The Bertz CT molecular complexity index is 323. The van der Waals surface area contributed by atoms with Gasteiger partial charge in [0.2, 0.25) is 5.91 Å². The quantitative estimate of drug-likeness (QED) is 0.348. The molecule has 116 valence electrons. The third-order valence-electron chi connectivity index (χ3n) is 2.25. The van der Waals surface area contributed by atoms with Crippen LogP contribution < -0.4 is 16.4 Å². The minimum absolute atomic E-state index is 0.0531. The lowest BCUT2D eigenvalue weighted by atomic mass is 10.1. The molecule has 0 aromatic rings. The second-order valence-corrected chi connectivity index (χ2v) is 3.90. The maximum Gasteiger partial charge on any atom is 0.326 e. The Balaban J connectivity index is 3.84. The average molecular weight is 291 g/mol. The van der Waals surface area contributed by atoms with Crippen LogP contribution in [0.4, 0.5) is 4.79 Å². The second kappa shape index (κ2) is 11.0. The van der Waals surface area contributed by atoms with Crippen LogP contribution >= 0.6 is 0 Å². The van der Waals surface area contributed by atoms with E-state index in [1.807, 2.05) is 0 Å². The van der Waals surface area contributed by atoms with E-state index in [1.54, 1.807) is 7.11 Å². The molecular weight excluding hydrogens is 270 g/mol. The lowest BCUT2D eigenvalue weighted by molar-refractivity contribution is -0.139. The van der Waals surface area contributed by atoms with Crippen LogP contribution in [0.3, 0.4) is 0 Å². The number of amides is 3. The van der Waals surface area contributed by atoms with Crippen molar-refractivity contribution in [2.45, 2.75) is 18.9 Å². The van der Waals surface area contributed by atoms with E-state index in [0.717, 1.165) is 0 Å². The van der Waals surface area contributed by atoms with Crippen molar-refractivity contribution in [3.05, 3.63) is 0 Å². The van der Waals surface area contributed by atoms with Crippen molar-refractivity contribution in [3.63, 3.8) is 0 Å². The Morgan fingerprint density at radius 1 is 1.25 bits per heavy atom. The largest absolute Gasteiger partial charge is 0.480 e. The molecule has 0 aliphatic heterocycles. The summed E-state index contributed by atoms with van der Waals surface area (Å²) >= 11 is 0. The monoisotopic (exact) mass is 291 g/mol. The number of urea groups is 1. The molecule has 0 aliphatic carbocycles. The maximum absolute atomic E-state index is 11.4. The molecule has 0 bridgehead atoms. The number of primary amides is 1. The van der Waals surface area contributed by atoms with Gasteiger partial charge in [0.1, 0.15) is 6.04 Å². The third-order valence-corrected chi connectivity index (χ3v) is 2.25. The minimum Gasteiger partial charge on any atom is -0.480 e. The third kappa shape index (κ3) is 10.1. The first-order valence-corrected chi connectivity index (χ1v) is 6.09. The fourth-order valence-corrected chi connectivity index (χ4v) is 1.23. The molecule has 0 spiro atoms. The van der Waals surface area contributed by atoms with Crippen molar-refractivity contribution in [1.29, 1.82) is 0 Å². The van der Waals surface area contributed by atoms with Crippen molar-refractivity contribution in [1.82, 2.24) is 10.6 Å². The summed E-state index contributed by atoms with van der Waals surface area (Å²) in [6, 6.07) is -1.80. The number of nitrogens with two attached hydrogens (primary N) is 1. The molecule has 0 radical (unpaired) electrons. The number of carboxylic acid groups (broad SMARTS) is 1. The van der Waals surface area contributed by atoms with Crippen LogP contribution in [0.2, 0.25) is 0 Å². The van der Waals surface area contributed by atoms with Crippen LogP contribution in [0.25, 0.3) is 0 Å². The van der Waals surface area contributed by atoms with E-state index >= 15 is 0 Å². The van der Waals surface area contributed by atoms with Gasteiger partial charge in [0, 0.05) is 20.1 Å². The summed E-state index contributed by atoms with van der Waals surface area (Å²) in [6.45, 7) is 1.39. The molecule has 9 heteroatoms. The summed E-state index contributed by atoms with van der Waals surface area (Å²) in [5.41, 5.74) is 4.92. The van der Waals surface area contributed by atoms with E-state index in [-0.39, 0.29) is 26.0 Å². The smallest absolute Gasteiger partial charge is 0.326 e. The van der Waals surface area contributed by atoms with Gasteiger partial charge in [-0.2, -0.15) is 0 Å². The van der Waals surface area contributed by atoms with E-state index in [2.05, 4.69) is 10.6 Å². The van der Waals surface area contributed by atoms with Gasteiger partial charge in [-0.1, -0.05) is 0 Å². The van der Waals surface area contributed by atoms with E-state index in [1.165, 1.54) is 0 Å². The van der Waals surface area contributed by atoms with E-state index < -0.39 is 23.9 Å². The van der Waals surface area contributed by atoms with Crippen LogP contribution in [-0.4, -0.2) is 62.5 Å². The lowest BCUT2D eigenvalue weighted by Crippen LogP contribution is -2.47. The molecule has 0 aromatic carbocycles. The molecule has 0 aromatic heterocycles. The summed E-state index contributed by atoms with van der Waals surface area (Å²) < 4.78 is 9.88. The van der Waals surface area contributed by atoms with Crippen LogP contribution in [0.1, 0.15) is 12.8 Å². The van der Waals surface area contributed by atoms with E-state index in [9.17, 15) is 14.4 Å². The highest BCUT2D eigenvalue weighted by Gasteiger charge is 2.20. The van der Waals surface area contributed by atoms with Crippen molar-refractivity contribution >= 4 is 17.9 Å². The molecule has 20 heavy (non-hydrogen) atoms. The first-order valence-electron chi connectivity index (χ1n) is 6.09. The zero-order valence-corrected chi connectivity index (χ0v) is 11.4. The normalized spacial score (nSPS) is 11.7. The second-order valence-electron chi connectivity index (χ2n) is 3.90. The number of aliphatic carboxylic acids is 1. The van der Waals surface area contributed by atoms with Gasteiger partial charge in [0.05, 0.1) is 19.8 Å². The molecule has 3 amide bonds. The molecule has 0 saturated heterocycles. The molecular formula is C11H21N3O6. The first kappa shape index (κ1) is 18.1. The van der Waals surface area contributed by atoms with Gasteiger partial charge in [0.25, 0.3) is 0 Å². The predicted octanol–water partition coefficient (Wildman–Crippen LogP) is -1.33. The zero-order valence-electron chi connectivity index (χ0n) is 11.4. The lowest BCUT2D eigenvalue weighted by Gasteiger charge is -2.14. The summed E-state index contributed by atoms with van der Waals surface area (Å²) in [5.74, 6) is -1.84. The first-order chi connectivity index (χ1) is 9.47. The summed E-state index contributed by atoms with van der Waals surface area (Å²) in [4.78, 5) is 32.9. The van der Waals surface area contributed by atoms with Gasteiger partial charge in [0.15, 0.2) is 0 Å². The molecule has 0 saturated carbocycles. The van der Waals surface area contributed by atoms with E-state index in [4.69, 9.17) is 20.3 Å². The zero-order chi connectivity index (χ0) is 15.4. The molecule has 0 fully saturated rings. The van der Waals surface area contributed by atoms with Gasteiger partial charge in [-0.25, -0.2) is 9.59 Å². The number of hydrogen-bond acceptors (Lipinski definition) is 5. The van der Waals surface area contributed by atoms with Crippen molar-refractivity contribution in [2.24, 2.45) is 5.73 Å². The number of nitrogens with one attached hydrogen (secondary N) is 2. The molecule has 1 unspecified atom stereocenters. The van der Waals surface area contributed by atoms with Crippen molar-refractivity contribution < 1.29 is 29.0 Å². The van der Waals surface area contributed by atoms with Crippen LogP contribution in [0.15, 0.2) is 0 Å².